The summed E-state index contributed by atoms with van der Waals surface area (Å²) in [4.78, 5) is 19.5. The van der Waals surface area contributed by atoms with Gasteiger partial charge in [-0.25, -0.2) is 4.99 Å². The molecule has 3 N–H and O–H groups in total. The van der Waals surface area contributed by atoms with Crippen LogP contribution in [0.4, 0.5) is 0 Å². The van der Waals surface area contributed by atoms with Gasteiger partial charge in [0.25, 0.3) is 5.91 Å². The highest BCUT2D eigenvalue weighted by molar-refractivity contribution is 5.94. The summed E-state index contributed by atoms with van der Waals surface area (Å²) in [6, 6.07) is 18.9. The Labute approximate surface area is 198 Å². The Morgan fingerprint density at radius 1 is 0.970 bits per heavy atom. The van der Waals surface area contributed by atoms with Crippen molar-refractivity contribution in [1.29, 1.82) is 0 Å². The first-order valence-corrected chi connectivity index (χ1v) is 12.4. The van der Waals surface area contributed by atoms with Crippen molar-refractivity contribution < 1.29 is 4.79 Å². The average Bonchev–Trinajstić information content (AvgIpc) is 2.85. The molecule has 6 nitrogen and oxygen atoms in total. The minimum atomic E-state index is -0.00730. The van der Waals surface area contributed by atoms with Crippen molar-refractivity contribution in [3.8, 4) is 0 Å². The van der Waals surface area contributed by atoms with Crippen molar-refractivity contribution in [3.63, 3.8) is 0 Å². The number of aliphatic imine (C=N–C) groups is 1. The Bertz CT molecular complexity index is 858. The van der Waals surface area contributed by atoms with Gasteiger partial charge in [0.2, 0.25) is 0 Å². The molecule has 1 heterocycles. The molecule has 1 aliphatic rings. The fourth-order valence-corrected chi connectivity index (χ4v) is 4.00. The van der Waals surface area contributed by atoms with Gasteiger partial charge in [0.1, 0.15) is 0 Å². The fraction of sp³-hybridized carbons (Fsp3) is 0.481. The van der Waals surface area contributed by atoms with Crippen molar-refractivity contribution in [2.45, 2.75) is 58.7 Å². The van der Waals surface area contributed by atoms with Crippen molar-refractivity contribution in [2.75, 3.05) is 26.2 Å². The Morgan fingerprint density at radius 3 is 2.36 bits per heavy atom. The molecule has 0 unspecified atom stereocenters. The third-order valence-corrected chi connectivity index (χ3v) is 5.97. The van der Waals surface area contributed by atoms with Gasteiger partial charge in [-0.2, -0.15) is 0 Å². The third-order valence-electron chi connectivity index (χ3n) is 5.97. The van der Waals surface area contributed by atoms with E-state index >= 15 is 0 Å². The van der Waals surface area contributed by atoms with Gasteiger partial charge < -0.3 is 16.0 Å². The van der Waals surface area contributed by atoms with Crippen molar-refractivity contribution >= 4 is 11.9 Å². The number of unbranched alkanes of at least 4 members (excludes halogenated alkanes) is 1. The van der Waals surface area contributed by atoms with Crippen molar-refractivity contribution in [1.82, 2.24) is 20.9 Å². The molecule has 6 heteroatoms. The van der Waals surface area contributed by atoms with Crippen LogP contribution in [0.1, 0.15) is 61.0 Å². The first kappa shape index (κ1) is 24.8. The van der Waals surface area contributed by atoms with Gasteiger partial charge in [-0.3, -0.25) is 9.69 Å². The molecular formula is C27H39N5O. The standard InChI is InChI=1S/C27H39N5O/c1-3-5-17-29-26(33)24-13-11-22(12-14-24)20-30-27(28-4-2)31-25-15-18-32(19-16-25)21-23-9-7-6-8-10-23/h6-14,25H,3-5,15-21H2,1-2H3,(H,29,33)(H2,28,30,31). The Hall–Kier alpha value is -2.86. The van der Waals surface area contributed by atoms with Gasteiger partial charge in [-0.15, -0.1) is 0 Å². The summed E-state index contributed by atoms with van der Waals surface area (Å²) < 4.78 is 0. The molecule has 2 aromatic carbocycles. The zero-order valence-electron chi connectivity index (χ0n) is 20.1. The van der Waals surface area contributed by atoms with Gasteiger partial charge in [-0.05, 0) is 49.4 Å². The molecule has 178 valence electrons. The van der Waals surface area contributed by atoms with Crippen LogP contribution in [-0.2, 0) is 13.1 Å². The van der Waals surface area contributed by atoms with Gasteiger partial charge in [0.15, 0.2) is 5.96 Å². The van der Waals surface area contributed by atoms with Gasteiger partial charge in [0.05, 0.1) is 6.54 Å². The zero-order chi connectivity index (χ0) is 23.3. The fourth-order valence-electron chi connectivity index (χ4n) is 4.00. The maximum atomic E-state index is 12.2. The van der Waals surface area contributed by atoms with Crippen LogP contribution in [-0.4, -0.2) is 49.0 Å². The lowest BCUT2D eigenvalue weighted by molar-refractivity contribution is 0.0953. The van der Waals surface area contributed by atoms with E-state index in [0.717, 1.165) is 69.9 Å². The highest BCUT2D eigenvalue weighted by Gasteiger charge is 2.20. The summed E-state index contributed by atoms with van der Waals surface area (Å²) in [7, 11) is 0. The van der Waals surface area contributed by atoms with E-state index in [4.69, 9.17) is 4.99 Å². The largest absolute Gasteiger partial charge is 0.357 e. The van der Waals surface area contributed by atoms with E-state index in [-0.39, 0.29) is 5.91 Å². The third kappa shape index (κ3) is 8.54. The number of piperidine rings is 1. The summed E-state index contributed by atoms with van der Waals surface area (Å²) >= 11 is 0. The lowest BCUT2D eigenvalue weighted by atomic mass is 10.0. The van der Waals surface area contributed by atoms with Gasteiger partial charge in [0, 0.05) is 44.3 Å². The van der Waals surface area contributed by atoms with Gasteiger partial charge >= 0.3 is 0 Å². The van der Waals surface area contributed by atoms with Crippen LogP contribution in [0.3, 0.4) is 0 Å². The van der Waals surface area contributed by atoms with Gasteiger partial charge in [-0.1, -0.05) is 55.8 Å². The summed E-state index contributed by atoms with van der Waals surface area (Å²) in [5.74, 6) is 0.854. The summed E-state index contributed by atoms with van der Waals surface area (Å²) in [6.07, 6.45) is 4.30. The molecule has 2 aromatic rings. The van der Waals surface area contributed by atoms with E-state index in [9.17, 15) is 4.79 Å². The number of likely N-dealkylation sites (tertiary alicyclic amines) is 1. The van der Waals surface area contributed by atoms with Crippen molar-refractivity contribution in [2.24, 2.45) is 4.99 Å². The number of rotatable bonds is 10. The SMILES string of the molecule is CCCCNC(=O)c1ccc(CN=C(NCC)NC2CCN(Cc3ccccc3)CC2)cc1. The van der Waals surface area contributed by atoms with Crippen molar-refractivity contribution in [3.05, 3.63) is 71.3 Å². The van der Waals surface area contributed by atoms with Crippen LogP contribution in [0.15, 0.2) is 59.6 Å². The molecule has 0 atom stereocenters. The number of hydrogen-bond donors (Lipinski definition) is 3. The van der Waals surface area contributed by atoms with E-state index < -0.39 is 0 Å². The molecule has 1 aliphatic heterocycles. The predicted octanol–water partition coefficient (Wildman–Crippen LogP) is 3.94. The second-order valence-electron chi connectivity index (χ2n) is 8.68. The molecule has 1 fully saturated rings. The second-order valence-corrected chi connectivity index (χ2v) is 8.68. The van der Waals surface area contributed by atoms with Crippen LogP contribution in [0.25, 0.3) is 0 Å². The van der Waals surface area contributed by atoms with E-state index in [1.54, 1.807) is 0 Å². The highest BCUT2D eigenvalue weighted by Crippen LogP contribution is 2.14. The molecule has 0 aromatic heterocycles. The molecule has 0 bridgehead atoms. The van der Waals surface area contributed by atoms with E-state index in [1.165, 1.54) is 5.56 Å². The molecule has 1 amide bonds. The minimum Gasteiger partial charge on any atom is -0.357 e. The smallest absolute Gasteiger partial charge is 0.251 e. The quantitative estimate of drug-likeness (QED) is 0.292. The summed E-state index contributed by atoms with van der Waals surface area (Å²) in [6.45, 7) is 9.55. The number of amides is 1. The maximum absolute atomic E-state index is 12.2. The molecule has 0 aliphatic carbocycles. The number of benzene rings is 2. The highest BCUT2D eigenvalue weighted by atomic mass is 16.1. The Kier molecular flexibility index (Phi) is 10.2. The normalized spacial score (nSPS) is 15.3. The lowest BCUT2D eigenvalue weighted by Crippen LogP contribution is -2.48. The minimum absolute atomic E-state index is 0.00730. The number of carbonyl (C=O) groups excluding carboxylic acids is 1. The molecule has 1 saturated heterocycles. The predicted molar refractivity (Wildman–Crippen MR) is 136 cm³/mol. The Morgan fingerprint density at radius 2 is 1.70 bits per heavy atom. The zero-order valence-corrected chi connectivity index (χ0v) is 20.1. The van der Waals surface area contributed by atoms with Crippen LogP contribution in [0.5, 0.6) is 0 Å². The molecule has 33 heavy (non-hydrogen) atoms. The maximum Gasteiger partial charge on any atom is 0.251 e. The number of hydrogen-bond acceptors (Lipinski definition) is 3. The first-order chi connectivity index (χ1) is 16.2. The number of guanidine groups is 1. The van der Waals surface area contributed by atoms with Crippen LogP contribution in [0, 0.1) is 0 Å². The molecule has 3 rings (SSSR count). The van der Waals surface area contributed by atoms with E-state index in [2.05, 4.69) is 65.0 Å². The second kappa shape index (κ2) is 13.6. The van der Waals surface area contributed by atoms with Crippen LogP contribution >= 0.6 is 0 Å². The first-order valence-electron chi connectivity index (χ1n) is 12.4. The summed E-state index contributed by atoms with van der Waals surface area (Å²) in [5.41, 5.74) is 3.17. The molecule has 0 saturated carbocycles. The molecule has 0 spiro atoms. The summed E-state index contributed by atoms with van der Waals surface area (Å²) in [5, 5.41) is 9.95. The monoisotopic (exact) mass is 449 g/mol. The Balaban J connectivity index is 1.47. The molecule has 0 radical (unpaired) electrons. The van der Waals surface area contributed by atoms with E-state index in [1.807, 2.05) is 24.3 Å². The number of carbonyl (C=O) groups is 1. The number of nitrogens with zero attached hydrogens (tertiary/aromatic N) is 2. The van der Waals surface area contributed by atoms with Crippen LogP contribution in [0.2, 0.25) is 0 Å². The molecular weight excluding hydrogens is 410 g/mol. The van der Waals surface area contributed by atoms with E-state index in [0.29, 0.717) is 18.2 Å². The topological polar surface area (TPSA) is 68.8 Å². The number of nitrogens with one attached hydrogen (secondary N) is 3. The average molecular weight is 450 g/mol. The van der Waals surface area contributed by atoms with Crippen LogP contribution < -0.4 is 16.0 Å². The lowest BCUT2D eigenvalue weighted by Gasteiger charge is -2.33.